The molecule has 0 aliphatic carbocycles. The Labute approximate surface area is 189 Å². The van der Waals surface area contributed by atoms with Crippen LogP contribution < -0.4 is 5.32 Å². The lowest BCUT2D eigenvalue weighted by molar-refractivity contribution is -0.0899. The third-order valence-corrected chi connectivity index (χ3v) is 7.83. The molecule has 182 valence electrons. The molecule has 0 aromatic carbocycles. The zero-order valence-corrected chi connectivity index (χ0v) is 22.9. The van der Waals surface area contributed by atoms with Gasteiger partial charge in [0, 0.05) is 25.6 Å². The van der Waals surface area contributed by atoms with E-state index in [1.54, 1.807) is 0 Å². The fraction of sp³-hybridized carbons (Fsp3) is 1.00. The van der Waals surface area contributed by atoms with Crippen molar-refractivity contribution >= 4 is 17.6 Å². The van der Waals surface area contributed by atoms with Crippen molar-refractivity contribution in [1.82, 2.24) is 5.32 Å². The Morgan fingerprint density at radius 2 is 1.67 bits per heavy atom. The summed E-state index contributed by atoms with van der Waals surface area (Å²) >= 11 is 0. The van der Waals surface area contributed by atoms with Crippen LogP contribution in [0.3, 0.4) is 0 Å². The molecule has 4 unspecified atom stereocenters. The quantitative estimate of drug-likeness (QED) is 0.125. The van der Waals surface area contributed by atoms with E-state index in [0.29, 0.717) is 37.6 Å². The number of nitrogens with one attached hydrogen (secondary N) is 1. The monoisotopic (exact) mass is 465 g/mol. The minimum absolute atomic E-state index is 0.177. The van der Waals surface area contributed by atoms with E-state index < -0.39 is 20.5 Å². The molecule has 0 spiro atoms. The molecule has 0 aliphatic heterocycles. The Morgan fingerprint density at radius 3 is 2.27 bits per heavy atom. The highest BCUT2D eigenvalue weighted by Crippen LogP contribution is 2.19. The number of ether oxygens (including phenoxy) is 2. The summed E-state index contributed by atoms with van der Waals surface area (Å²) in [6.45, 7) is 15.2. The zero-order valence-electron chi connectivity index (χ0n) is 20.5. The Hall–Kier alpha value is 0.194. The molecule has 6 nitrogen and oxygen atoms in total. The summed E-state index contributed by atoms with van der Waals surface area (Å²) < 4.78 is 11.2. The predicted octanol–water partition coefficient (Wildman–Crippen LogP) is 2.32. The van der Waals surface area contributed by atoms with E-state index in [4.69, 9.17) is 9.47 Å². The van der Waals surface area contributed by atoms with Crippen molar-refractivity contribution in [3.8, 4) is 0 Å². The molecule has 0 aromatic heterocycles. The van der Waals surface area contributed by atoms with E-state index in [1.807, 2.05) is 0 Å². The van der Waals surface area contributed by atoms with Gasteiger partial charge < -0.3 is 30.1 Å². The summed E-state index contributed by atoms with van der Waals surface area (Å²) in [6.07, 6.45) is 4.98. The standard InChI is InChI=1S/C22H51NO5Si2/c1-18(2)29-16-27-15-21(25)13-23-12-20(11-10-19(3)14-24)8-7-9-22(26)28-17-30(4,5)6/h18-26H,7-17,29H2,1-6H3. The zero-order chi connectivity index (χ0) is 23.0. The second kappa shape index (κ2) is 17.7. The van der Waals surface area contributed by atoms with E-state index in [-0.39, 0.29) is 16.1 Å². The van der Waals surface area contributed by atoms with E-state index in [2.05, 4.69) is 45.7 Å². The van der Waals surface area contributed by atoms with Crippen LogP contribution in [0.15, 0.2) is 0 Å². The SMILES string of the molecule is CC(CO)CCC(CCCC(O)OC[Si](C)(C)C)CNCC(O)COC[SiH2]C(C)C. The third-order valence-electron chi connectivity index (χ3n) is 5.11. The van der Waals surface area contributed by atoms with Gasteiger partial charge in [0.2, 0.25) is 0 Å². The van der Waals surface area contributed by atoms with Crippen molar-refractivity contribution in [2.24, 2.45) is 11.8 Å². The Kier molecular flexibility index (Phi) is 17.8. The van der Waals surface area contributed by atoms with Gasteiger partial charge in [-0.25, -0.2) is 0 Å². The van der Waals surface area contributed by atoms with E-state index in [9.17, 15) is 15.3 Å². The summed E-state index contributed by atoms with van der Waals surface area (Å²) in [5.41, 5.74) is 0.752. The Balaban J connectivity index is 4.18. The maximum absolute atomic E-state index is 10.1. The molecule has 0 aliphatic rings. The Morgan fingerprint density at radius 1 is 0.967 bits per heavy atom. The first-order valence-corrected chi connectivity index (χ1v) is 17.4. The van der Waals surface area contributed by atoms with Crippen LogP contribution in [-0.2, 0) is 9.47 Å². The van der Waals surface area contributed by atoms with Gasteiger partial charge in [0.15, 0.2) is 6.29 Å². The summed E-state index contributed by atoms with van der Waals surface area (Å²) in [7, 11) is -1.48. The molecule has 4 atom stereocenters. The van der Waals surface area contributed by atoms with Crippen LogP contribution in [0.4, 0.5) is 0 Å². The number of rotatable bonds is 20. The summed E-state index contributed by atoms with van der Waals surface area (Å²) in [5.74, 6) is 0.770. The number of aliphatic hydroxyl groups is 3. The second-order valence-electron chi connectivity index (χ2n) is 10.6. The minimum Gasteiger partial charge on any atom is -0.396 e. The summed E-state index contributed by atoms with van der Waals surface area (Å²) in [4.78, 5) is 0. The first kappa shape index (κ1) is 30.2. The van der Waals surface area contributed by atoms with Crippen molar-refractivity contribution in [2.75, 3.05) is 38.8 Å². The van der Waals surface area contributed by atoms with E-state index in [0.717, 1.165) is 44.0 Å². The van der Waals surface area contributed by atoms with Crippen molar-refractivity contribution in [3.05, 3.63) is 0 Å². The molecular weight excluding hydrogens is 414 g/mol. The lowest BCUT2D eigenvalue weighted by Gasteiger charge is -2.22. The highest BCUT2D eigenvalue weighted by Gasteiger charge is 2.17. The molecule has 0 saturated carbocycles. The molecule has 0 amide bonds. The van der Waals surface area contributed by atoms with Crippen molar-refractivity contribution in [1.29, 1.82) is 0 Å². The van der Waals surface area contributed by atoms with Gasteiger partial charge in [0.1, 0.15) is 0 Å². The maximum Gasteiger partial charge on any atom is 0.154 e. The summed E-state index contributed by atoms with van der Waals surface area (Å²) in [5, 5.41) is 32.9. The van der Waals surface area contributed by atoms with Crippen molar-refractivity contribution in [3.63, 3.8) is 0 Å². The van der Waals surface area contributed by atoms with Gasteiger partial charge in [0.05, 0.1) is 30.3 Å². The van der Waals surface area contributed by atoms with Crippen LogP contribution in [0.1, 0.15) is 52.9 Å². The molecule has 0 aromatic rings. The Bertz CT molecular complexity index is 396. The van der Waals surface area contributed by atoms with Gasteiger partial charge in [-0.05, 0) is 50.5 Å². The molecule has 0 rings (SSSR count). The van der Waals surface area contributed by atoms with E-state index in [1.165, 1.54) is 0 Å². The lowest BCUT2D eigenvalue weighted by atomic mass is 9.92. The number of aliphatic hydroxyl groups excluding tert-OH is 3. The highest BCUT2D eigenvalue weighted by molar-refractivity contribution is 6.76. The smallest absolute Gasteiger partial charge is 0.154 e. The number of hydrogen-bond donors (Lipinski definition) is 4. The van der Waals surface area contributed by atoms with Crippen molar-refractivity contribution in [2.45, 2.75) is 90.5 Å². The normalized spacial score (nSPS) is 17.0. The molecule has 30 heavy (non-hydrogen) atoms. The van der Waals surface area contributed by atoms with Gasteiger partial charge >= 0.3 is 0 Å². The van der Waals surface area contributed by atoms with Crippen LogP contribution in [-0.4, -0.2) is 84.1 Å². The molecule has 0 heterocycles. The molecule has 0 radical (unpaired) electrons. The molecule has 0 bridgehead atoms. The molecule has 0 fully saturated rings. The topological polar surface area (TPSA) is 91.2 Å². The lowest BCUT2D eigenvalue weighted by Crippen LogP contribution is -2.34. The average molecular weight is 466 g/mol. The maximum atomic E-state index is 10.1. The van der Waals surface area contributed by atoms with Crippen LogP contribution in [0, 0.1) is 11.8 Å². The van der Waals surface area contributed by atoms with Crippen LogP contribution in [0.2, 0.25) is 25.2 Å². The highest BCUT2D eigenvalue weighted by atomic mass is 28.3. The van der Waals surface area contributed by atoms with Gasteiger partial charge in [-0.1, -0.05) is 46.0 Å². The van der Waals surface area contributed by atoms with Crippen LogP contribution in [0.25, 0.3) is 0 Å². The molecule has 0 saturated heterocycles. The van der Waals surface area contributed by atoms with Gasteiger partial charge in [-0.3, -0.25) is 0 Å². The summed E-state index contributed by atoms with van der Waals surface area (Å²) in [6, 6.07) is 0. The van der Waals surface area contributed by atoms with Crippen LogP contribution >= 0.6 is 0 Å². The van der Waals surface area contributed by atoms with Gasteiger partial charge in [-0.15, -0.1) is 0 Å². The fourth-order valence-electron chi connectivity index (χ4n) is 3.02. The third kappa shape index (κ3) is 20.1. The van der Waals surface area contributed by atoms with Crippen LogP contribution in [0.5, 0.6) is 0 Å². The average Bonchev–Trinajstić information content (AvgIpc) is 2.66. The largest absolute Gasteiger partial charge is 0.396 e. The van der Waals surface area contributed by atoms with Gasteiger partial charge in [-0.2, -0.15) is 0 Å². The first-order chi connectivity index (χ1) is 14.0. The molecule has 4 N–H and O–H groups in total. The first-order valence-electron chi connectivity index (χ1n) is 11.9. The molecule has 8 heteroatoms. The molecular formula is C22H51NO5Si2. The second-order valence-corrected chi connectivity index (χ2v) is 18.6. The van der Waals surface area contributed by atoms with Gasteiger partial charge in [0.25, 0.3) is 0 Å². The van der Waals surface area contributed by atoms with E-state index >= 15 is 0 Å². The number of hydrogen-bond acceptors (Lipinski definition) is 6. The van der Waals surface area contributed by atoms with Crippen molar-refractivity contribution < 1.29 is 24.8 Å². The minimum atomic E-state index is -1.30. The fourth-order valence-corrected chi connectivity index (χ4v) is 4.52. The predicted molar refractivity (Wildman–Crippen MR) is 131 cm³/mol.